The van der Waals surface area contributed by atoms with Crippen LogP contribution in [-0.2, 0) is 18.3 Å². The van der Waals surface area contributed by atoms with E-state index < -0.39 is 0 Å². The van der Waals surface area contributed by atoms with Crippen molar-refractivity contribution in [3.63, 3.8) is 0 Å². The molecule has 1 aromatic heterocycles. The van der Waals surface area contributed by atoms with Gasteiger partial charge in [0.25, 0.3) is 5.91 Å². The zero-order valence-electron chi connectivity index (χ0n) is 13.9. The third-order valence-electron chi connectivity index (χ3n) is 4.57. The molecule has 0 saturated heterocycles. The fourth-order valence-electron chi connectivity index (χ4n) is 3.30. The molecule has 126 valence electrons. The minimum absolute atomic E-state index is 0.0512. The molecule has 0 saturated carbocycles. The van der Waals surface area contributed by atoms with Gasteiger partial charge in [0.15, 0.2) is 0 Å². The molecular weight excluding hydrogens is 302 g/mol. The van der Waals surface area contributed by atoms with Crippen LogP contribution in [0.15, 0.2) is 42.6 Å². The fraction of sp³-hybridized carbons (Fsp3) is 0.368. The molecule has 1 heterocycles. The number of carbonyl (C=O) groups excluding carboxylic acids is 2. The van der Waals surface area contributed by atoms with Crippen molar-refractivity contribution in [2.24, 2.45) is 7.05 Å². The molecule has 1 aliphatic rings. The summed E-state index contributed by atoms with van der Waals surface area (Å²) < 4.78 is 1.77. The Morgan fingerprint density at radius 2 is 1.92 bits per heavy atom. The van der Waals surface area contributed by atoms with E-state index >= 15 is 0 Å². The number of nitrogens with one attached hydrogen (secondary N) is 2. The molecule has 0 unspecified atom stereocenters. The second kappa shape index (κ2) is 7.34. The first-order chi connectivity index (χ1) is 11.7. The summed E-state index contributed by atoms with van der Waals surface area (Å²) in [6.45, 7) is 0.859. The number of aromatic nitrogens is 1. The van der Waals surface area contributed by atoms with Gasteiger partial charge in [0.05, 0.1) is 5.92 Å². The second-order valence-electron chi connectivity index (χ2n) is 6.19. The highest BCUT2D eigenvalue weighted by atomic mass is 16.2. The number of rotatable bonds is 5. The first-order valence-corrected chi connectivity index (χ1v) is 8.42. The lowest BCUT2D eigenvalue weighted by Gasteiger charge is -2.24. The lowest BCUT2D eigenvalue weighted by atomic mass is 9.82. The van der Waals surface area contributed by atoms with Crippen LogP contribution in [0, 0.1) is 0 Å². The third kappa shape index (κ3) is 3.50. The van der Waals surface area contributed by atoms with Crippen LogP contribution in [0.25, 0.3) is 0 Å². The molecule has 0 aliphatic heterocycles. The quantitative estimate of drug-likeness (QED) is 0.826. The zero-order chi connectivity index (χ0) is 16.9. The summed E-state index contributed by atoms with van der Waals surface area (Å²) in [5.74, 6) is -0.145. The van der Waals surface area contributed by atoms with Crippen LogP contribution in [0.2, 0.25) is 0 Å². The average molecular weight is 325 g/mol. The fourth-order valence-corrected chi connectivity index (χ4v) is 3.30. The van der Waals surface area contributed by atoms with E-state index in [4.69, 9.17) is 0 Å². The van der Waals surface area contributed by atoms with Gasteiger partial charge in [-0.15, -0.1) is 0 Å². The Balaban J connectivity index is 1.48. The van der Waals surface area contributed by atoms with E-state index in [0.29, 0.717) is 18.8 Å². The predicted octanol–water partition coefficient (Wildman–Crippen LogP) is 1.99. The van der Waals surface area contributed by atoms with E-state index in [1.165, 1.54) is 5.56 Å². The van der Waals surface area contributed by atoms with Gasteiger partial charge in [0.1, 0.15) is 5.69 Å². The number of benzene rings is 1. The number of amides is 2. The Labute approximate surface area is 142 Å². The van der Waals surface area contributed by atoms with Gasteiger partial charge in [0.2, 0.25) is 5.91 Å². The van der Waals surface area contributed by atoms with Gasteiger partial charge in [-0.25, -0.2) is 0 Å². The number of nitrogens with zero attached hydrogens (tertiary/aromatic N) is 1. The Bertz CT molecular complexity index is 736. The maximum atomic E-state index is 12.5. The molecule has 5 nitrogen and oxygen atoms in total. The Hall–Kier alpha value is -2.56. The molecule has 2 amide bonds. The molecule has 0 spiro atoms. The van der Waals surface area contributed by atoms with Crippen LogP contribution in [0.5, 0.6) is 0 Å². The number of aryl methyl sites for hydroxylation is 2. The molecule has 0 bridgehead atoms. The van der Waals surface area contributed by atoms with Gasteiger partial charge in [-0.2, -0.15) is 0 Å². The van der Waals surface area contributed by atoms with Crippen molar-refractivity contribution in [2.75, 3.05) is 13.1 Å². The average Bonchev–Trinajstić information content (AvgIpc) is 3.04. The number of fused-ring (bicyclic) bond motifs is 1. The number of hydrogen-bond donors (Lipinski definition) is 2. The van der Waals surface area contributed by atoms with Crippen molar-refractivity contribution < 1.29 is 9.59 Å². The summed E-state index contributed by atoms with van der Waals surface area (Å²) in [5.41, 5.74) is 3.04. The number of hydrogen-bond acceptors (Lipinski definition) is 2. The molecule has 2 N–H and O–H groups in total. The minimum atomic E-state index is -0.125. The second-order valence-corrected chi connectivity index (χ2v) is 6.19. The highest BCUT2D eigenvalue weighted by Gasteiger charge is 2.25. The SMILES string of the molecule is Cn1cccc1C(=O)NCCNC(=O)[C@H]1CCCc2ccccc21. The Kier molecular flexibility index (Phi) is 4.99. The lowest BCUT2D eigenvalue weighted by molar-refractivity contribution is -0.122. The van der Waals surface area contributed by atoms with E-state index in [2.05, 4.69) is 22.8 Å². The molecular formula is C19H23N3O2. The molecule has 0 fully saturated rings. The summed E-state index contributed by atoms with van der Waals surface area (Å²) in [4.78, 5) is 24.5. The van der Waals surface area contributed by atoms with Crippen LogP contribution in [-0.4, -0.2) is 29.5 Å². The molecule has 0 radical (unpaired) electrons. The molecule has 5 heteroatoms. The zero-order valence-corrected chi connectivity index (χ0v) is 13.9. The highest BCUT2D eigenvalue weighted by Crippen LogP contribution is 2.31. The molecule has 1 aromatic carbocycles. The Morgan fingerprint density at radius 3 is 2.71 bits per heavy atom. The van der Waals surface area contributed by atoms with E-state index in [0.717, 1.165) is 24.8 Å². The highest BCUT2D eigenvalue weighted by molar-refractivity contribution is 5.92. The topological polar surface area (TPSA) is 63.1 Å². The molecule has 3 rings (SSSR count). The van der Waals surface area contributed by atoms with Gasteiger partial charge < -0.3 is 15.2 Å². The first-order valence-electron chi connectivity index (χ1n) is 8.42. The van der Waals surface area contributed by atoms with E-state index in [1.54, 1.807) is 10.6 Å². The largest absolute Gasteiger partial charge is 0.354 e. The van der Waals surface area contributed by atoms with Crippen molar-refractivity contribution in [3.8, 4) is 0 Å². The van der Waals surface area contributed by atoms with Crippen molar-refractivity contribution in [2.45, 2.75) is 25.2 Å². The van der Waals surface area contributed by atoms with E-state index in [1.807, 2.05) is 31.4 Å². The third-order valence-corrected chi connectivity index (χ3v) is 4.57. The van der Waals surface area contributed by atoms with Gasteiger partial charge in [-0.05, 0) is 42.5 Å². The normalized spacial score (nSPS) is 16.3. The molecule has 2 aromatic rings. The summed E-state index contributed by atoms with van der Waals surface area (Å²) in [7, 11) is 1.83. The summed E-state index contributed by atoms with van der Waals surface area (Å²) >= 11 is 0. The monoisotopic (exact) mass is 325 g/mol. The van der Waals surface area contributed by atoms with Crippen LogP contribution < -0.4 is 10.6 Å². The Morgan fingerprint density at radius 1 is 1.12 bits per heavy atom. The maximum absolute atomic E-state index is 12.5. The molecule has 1 atom stereocenters. The van der Waals surface area contributed by atoms with Crippen molar-refractivity contribution in [1.82, 2.24) is 15.2 Å². The van der Waals surface area contributed by atoms with Crippen LogP contribution >= 0.6 is 0 Å². The molecule has 24 heavy (non-hydrogen) atoms. The van der Waals surface area contributed by atoms with E-state index in [-0.39, 0.29) is 17.7 Å². The van der Waals surface area contributed by atoms with Crippen molar-refractivity contribution in [3.05, 3.63) is 59.4 Å². The maximum Gasteiger partial charge on any atom is 0.267 e. The van der Waals surface area contributed by atoms with Crippen molar-refractivity contribution in [1.29, 1.82) is 0 Å². The van der Waals surface area contributed by atoms with Crippen LogP contribution in [0.3, 0.4) is 0 Å². The van der Waals surface area contributed by atoms with Gasteiger partial charge in [0, 0.05) is 26.3 Å². The molecule has 1 aliphatic carbocycles. The summed E-state index contributed by atoms with van der Waals surface area (Å²) in [5, 5.41) is 5.78. The van der Waals surface area contributed by atoms with Gasteiger partial charge in [-0.1, -0.05) is 24.3 Å². The smallest absolute Gasteiger partial charge is 0.267 e. The summed E-state index contributed by atoms with van der Waals surface area (Å²) in [6.07, 6.45) is 4.81. The predicted molar refractivity (Wildman–Crippen MR) is 92.9 cm³/mol. The van der Waals surface area contributed by atoms with E-state index in [9.17, 15) is 9.59 Å². The minimum Gasteiger partial charge on any atom is -0.354 e. The number of carbonyl (C=O) groups is 2. The van der Waals surface area contributed by atoms with Gasteiger partial charge >= 0.3 is 0 Å². The summed E-state index contributed by atoms with van der Waals surface area (Å²) in [6, 6.07) is 11.8. The first kappa shape index (κ1) is 16.3. The lowest BCUT2D eigenvalue weighted by Crippen LogP contribution is -2.38. The standard InChI is InChI=1S/C19H23N3O2/c1-22-13-5-10-17(22)19(24)21-12-11-20-18(23)16-9-4-7-14-6-2-3-8-15(14)16/h2-3,5-6,8,10,13,16H,4,7,9,11-12H2,1H3,(H,20,23)(H,21,24)/t16-/m0/s1. The van der Waals surface area contributed by atoms with Crippen LogP contribution in [0.1, 0.15) is 40.4 Å². The van der Waals surface area contributed by atoms with Gasteiger partial charge in [-0.3, -0.25) is 9.59 Å². The van der Waals surface area contributed by atoms with Crippen molar-refractivity contribution >= 4 is 11.8 Å². The van der Waals surface area contributed by atoms with Crippen LogP contribution in [0.4, 0.5) is 0 Å².